The molecule has 1 aliphatic heterocycles. The molecule has 1 aliphatic rings. The van der Waals surface area contributed by atoms with Crippen LogP contribution in [-0.2, 0) is 6.54 Å². The van der Waals surface area contributed by atoms with Crippen LogP contribution in [0.5, 0.6) is 5.75 Å². The number of aromatic nitrogens is 1. The van der Waals surface area contributed by atoms with E-state index in [0.29, 0.717) is 6.04 Å². The molecule has 3 nitrogen and oxygen atoms in total. The molecule has 1 aromatic carbocycles. The third kappa shape index (κ3) is 3.02. The highest BCUT2D eigenvalue weighted by atomic mass is 32.1. The van der Waals surface area contributed by atoms with E-state index < -0.39 is 0 Å². The SMILES string of the molecule is CCOc1ccc(C2CCCN2Cc2cscn2)cc1. The van der Waals surface area contributed by atoms with Gasteiger partial charge in [-0.1, -0.05) is 12.1 Å². The monoisotopic (exact) mass is 288 g/mol. The molecule has 0 saturated carbocycles. The normalized spacial score (nSPS) is 19.4. The van der Waals surface area contributed by atoms with Crippen molar-refractivity contribution in [1.29, 1.82) is 0 Å². The average Bonchev–Trinajstić information content (AvgIpc) is 3.12. The van der Waals surface area contributed by atoms with Crippen molar-refractivity contribution < 1.29 is 4.74 Å². The Balaban J connectivity index is 1.71. The van der Waals surface area contributed by atoms with Crippen molar-refractivity contribution in [1.82, 2.24) is 9.88 Å². The van der Waals surface area contributed by atoms with Crippen LogP contribution in [0.1, 0.15) is 37.1 Å². The van der Waals surface area contributed by atoms with Crippen molar-refractivity contribution in [2.75, 3.05) is 13.2 Å². The Kier molecular flexibility index (Phi) is 4.33. The predicted molar refractivity (Wildman–Crippen MR) is 82.1 cm³/mol. The van der Waals surface area contributed by atoms with E-state index >= 15 is 0 Å². The zero-order valence-corrected chi connectivity index (χ0v) is 12.6. The van der Waals surface area contributed by atoms with Crippen LogP contribution in [0.3, 0.4) is 0 Å². The van der Waals surface area contributed by atoms with Gasteiger partial charge in [-0.05, 0) is 44.0 Å². The van der Waals surface area contributed by atoms with E-state index in [1.807, 2.05) is 12.4 Å². The van der Waals surface area contributed by atoms with Gasteiger partial charge in [0.2, 0.25) is 0 Å². The van der Waals surface area contributed by atoms with E-state index in [-0.39, 0.29) is 0 Å². The van der Waals surface area contributed by atoms with E-state index in [1.54, 1.807) is 11.3 Å². The Morgan fingerprint density at radius 1 is 1.35 bits per heavy atom. The van der Waals surface area contributed by atoms with Gasteiger partial charge in [0, 0.05) is 18.0 Å². The number of thiazole rings is 1. The van der Waals surface area contributed by atoms with Crippen molar-refractivity contribution >= 4 is 11.3 Å². The molecule has 4 heteroatoms. The first-order chi connectivity index (χ1) is 9.86. The Morgan fingerprint density at radius 3 is 2.90 bits per heavy atom. The maximum atomic E-state index is 5.51. The summed E-state index contributed by atoms with van der Waals surface area (Å²) < 4.78 is 5.51. The van der Waals surface area contributed by atoms with Crippen LogP contribution in [-0.4, -0.2) is 23.0 Å². The van der Waals surface area contributed by atoms with Gasteiger partial charge in [-0.2, -0.15) is 0 Å². The van der Waals surface area contributed by atoms with Crippen LogP contribution in [0.4, 0.5) is 0 Å². The fourth-order valence-electron chi connectivity index (χ4n) is 2.87. The van der Waals surface area contributed by atoms with Crippen LogP contribution in [0.15, 0.2) is 35.2 Å². The van der Waals surface area contributed by atoms with E-state index in [2.05, 4.69) is 39.5 Å². The van der Waals surface area contributed by atoms with E-state index in [0.717, 1.165) is 25.4 Å². The van der Waals surface area contributed by atoms with Crippen LogP contribution >= 0.6 is 11.3 Å². The van der Waals surface area contributed by atoms with Gasteiger partial charge in [0.1, 0.15) is 5.75 Å². The number of nitrogens with zero attached hydrogens (tertiary/aromatic N) is 2. The number of benzene rings is 1. The lowest BCUT2D eigenvalue weighted by Gasteiger charge is -2.24. The molecule has 1 atom stereocenters. The van der Waals surface area contributed by atoms with Crippen molar-refractivity contribution in [3.05, 3.63) is 46.4 Å². The first kappa shape index (κ1) is 13.6. The second-order valence-corrected chi connectivity index (χ2v) is 5.83. The predicted octanol–water partition coefficient (Wildman–Crippen LogP) is 3.88. The highest BCUT2D eigenvalue weighted by Crippen LogP contribution is 2.33. The summed E-state index contributed by atoms with van der Waals surface area (Å²) in [5.41, 5.74) is 4.49. The molecule has 0 amide bonds. The number of ether oxygens (including phenoxy) is 1. The Labute approximate surface area is 124 Å². The van der Waals surface area contributed by atoms with Crippen molar-refractivity contribution in [2.45, 2.75) is 32.4 Å². The van der Waals surface area contributed by atoms with Crippen molar-refractivity contribution in [3.63, 3.8) is 0 Å². The summed E-state index contributed by atoms with van der Waals surface area (Å²) in [6, 6.07) is 9.09. The zero-order valence-electron chi connectivity index (χ0n) is 11.8. The van der Waals surface area contributed by atoms with Gasteiger partial charge >= 0.3 is 0 Å². The molecule has 0 radical (unpaired) electrons. The van der Waals surface area contributed by atoms with Crippen LogP contribution in [0.25, 0.3) is 0 Å². The summed E-state index contributed by atoms with van der Waals surface area (Å²) in [6.07, 6.45) is 2.50. The maximum absolute atomic E-state index is 5.51. The second-order valence-electron chi connectivity index (χ2n) is 5.11. The van der Waals surface area contributed by atoms with Gasteiger partial charge in [0.25, 0.3) is 0 Å². The fraction of sp³-hybridized carbons (Fsp3) is 0.438. The van der Waals surface area contributed by atoms with Crippen molar-refractivity contribution in [3.8, 4) is 5.75 Å². The molecule has 2 heterocycles. The molecular formula is C16H20N2OS. The number of likely N-dealkylation sites (tertiary alicyclic amines) is 1. The highest BCUT2D eigenvalue weighted by Gasteiger charge is 2.26. The standard InChI is InChI=1S/C16H20N2OS/c1-2-19-15-7-5-13(6-8-15)16-4-3-9-18(16)10-14-11-20-12-17-14/h5-8,11-12,16H,2-4,9-10H2,1H3. The minimum atomic E-state index is 0.521. The molecule has 106 valence electrons. The van der Waals surface area contributed by atoms with Crippen LogP contribution in [0, 0.1) is 0 Å². The lowest BCUT2D eigenvalue weighted by molar-refractivity contribution is 0.246. The maximum Gasteiger partial charge on any atom is 0.119 e. The minimum absolute atomic E-state index is 0.521. The molecule has 1 fully saturated rings. The number of hydrogen-bond acceptors (Lipinski definition) is 4. The Morgan fingerprint density at radius 2 is 2.20 bits per heavy atom. The third-order valence-corrected chi connectivity index (χ3v) is 4.42. The highest BCUT2D eigenvalue weighted by molar-refractivity contribution is 7.07. The molecule has 0 spiro atoms. The molecule has 0 aliphatic carbocycles. The second kappa shape index (κ2) is 6.37. The smallest absolute Gasteiger partial charge is 0.119 e. The summed E-state index contributed by atoms with van der Waals surface area (Å²) in [6.45, 7) is 4.86. The lowest BCUT2D eigenvalue weighted by atomic mass is 10.0. The molecule has 0 bridgehead atoms. The average molecular weight is 288 g/mol. The summed E-state index contributed by atoms with van der Waals surface area (Å²) in [5.74, 6) is 0.959. The molecule has 1 aromatic heterocycles. The summed E-state index contributed by atoms with van der Waals surface area (Å²) in [7, 11) is 0. The van der Waals surface area contributed by atoms with Crippen molar-refractivity contribution in [2.24, 2.45) is 0 Å². The van der Waals surface area contributed by atoms with Crippen LogP contribution < -0.4 is 4.74 Å². The molecular weight excluding hydrogens is 268 g/mol. The Hall–Kier alpha value is -1.39. The summed E-state index contributed by atoms with van der Waals surface area (Å²) in [4.78, 5) is 6.94. The van der Waals surface area contributed by atoms with Gasteiger partial charge in [0.15, 0.2) is 0 Å². The first-order valence-corrected chi connectivity index (χ1v) is 8.15. The van der Waals surface area contributed by atoms with Gasteiger partial charge in [-0.3, -0.25) is 4.90 Å². The zero-order chi connectivity index (χ0) is 13.8. The minimum Gasteiger partial charge on any atom is -0.494 e. The molecule has 2 aromatic rings. The van der Waals surface area contributed by atoms with Crippen LogP contribution in [0.2, 0.25) is 0 Å². The van der Waals surface area contributed by atoms with E-state index in [4.69, 9.17) is 4.74 Å². The van der Waals surface area contributed by atoms with Gasteiger partial charge in [0.05, 0.1) is 17.8 Å². The van der Waals surface area contributed by atoms with E-state index in [1.165, 1.54) is 24.1 Å². The fourth-order valence-corrected chi connectivity index (χ4v) is 3.42. The number of hydrogen-bond donors (Lipinski definition) is 0. The van der Waals surface area contributed by atoms with Gasteiger partial charge in [-0.15, -0.1) is 11.3 Å². The van der Waals surface area contributed by atoms with E-state index in [9.17, 15) is 0 Å². The lowest BCUT2D eigenvalue weighted by Crippen LogP contribution is -2.22. The largest absolute Gasteiger partial charge is 0.494 e. The molecule has 3 rings (SSSR count). The number of rotatable bonds is 5. The molecule has 20 heavy (non-hydrogen) atoms. The quantitative estimate of drug-likeness (QED) is 0.835. The molecule has 0 N–H and O–H groups in total. The van der Waals surface area contributed by atoms with Gasteiger partial charge < -0.3 is 4.74 Å². The third-order valence-electron chi connectivity index (χ3n) is 3.79. The Bertz CT molecular complexity index is 524. The summed E-state index contributed by atoms with van der Waals surface area (Å²) in [5, 5.41) is 2.15. The topological polar surface area (TPSA) is 25.4 Å². The molecule has 1 unspecified atom stereocenters. The first-order valence-electron chi connectivity index (χ1n) is 7.20. The molecule has 1 saturated heterocycles. The summed E-state index contributed by atoms with van der Waals surface area (Å²) >= 11 is 1.67. The van der Waals surface area contributed by atoms with Gasteiger partial charge in [-0.25, -0.2) is 4.98 Å².